The van der Waals surface area contributed by atoms with Crippen molar-refractivity contribution in [1.82, 2.24) is 4.90 Å². The van der Waals surface area contributed by atoms with Gasteiger partial charge < -0.3 is 10.6 Å². The van der Waals surface area contributed by atoms with E-state index in [1.807, 2.05) is 0 Å². The molecule has 88 valence electrons. The molecule has 0 amide bonds. The predicted octanol–water partition coefficient (Wildman–Crippen LogP) is 2.04. The van der Waals surface area contributed by atoms with Gasteiger partial charge in [-0.1, -0.05) is 30.3 Å². The molecular formula is C14H22N2. The monoisotopic (exact) mass is 218 g/mol. The molecule has 0 aliphatic carbocycles. The highest BCUT2D eigenvalue weighted by molar-refractivity contribution is 5.14. The standard InChI is InChI=1S/C14H22N2/c15-14(12-16-10-4-5-11-16)9-8-13-6-2-1-3-7-13/h1-3,6-7,14H,4-5,8-12,15H2. The number of nitrogens with two attached hydrogens (primary N) is 1. The maximum atomic E-state index is 6.16. The molecule has 2 rings (SSSR count). The zero-order chi connectivity index (χ0) is 11.2. The van der Waals surface area contributed by atoms with Gasteiger partial charge in [-0.05, 0) is 44.3 Å². The first-order chi connectivity index (χ1) is 7.84. The van der Waals surface area contributed by atoms with Crippen LogP contribution in [0.5, 0.6) is 0 Å². The van der Waals surface area contributed by atoms with Crippen LogP contribution in [0.15, 0.2) is 30.3 Å². The molecule has 16 heavy (non-hydrogen) atoms. The third-order valence-corrected chi connectivity index (χ3v) is 3.34. The average Bonchev–Trinajstić information content (AvgIpc) is 2.81. The van der Waals surface area contributed by atoms with Gasteiger partial charge in [0.1, 0.15) is 0 Å². The van der Waals surface area contributed by atoms with Crippen LogP contribution in [0.1, 0.15) is 24.8 Å². The summed E-state index contributed by atoms with van der Waals surface area (Å²) in [5.74, 6) is 0. The van der Waals surface area contributed by atoms with E-state index in [4.69, 9.17) is 5.73 Å². The first kappa shape index (κ1) is 11.6. The minimum Gasteiger partial charge on any atom is -0.327 e. The van der Waals surface area contributed by atoms with Gasteiger partial charge in [0.05, 0.1) is 0 Å². The summed E-state index contributed by atoms with van der Waals surface area (Å²) in [7, 11) is 0. The predicted molar refractivity (Wildman–Crippen MR) is 68.4 cm³/mol. The van der Waals surface area contributed by atoms with Gasteiger partial charge >= 0.3 is 0 Å². The fraction of sp³-hybridized carbons (Fsp3) is 0.571. The number of rotatable bonds is 5. The molecule has 0 aromatic heterocycles. The van der Waals surface area contributed by atoms with Crippen molar-refractivity contribution in [3.05, 3.63) is 35.9 Å². The van der Waals surface area contributed by atoms with E-state index < -0.39 is 0 Å². The molecule has 2 N–H and O–H groups in total. The van der Waals surface area contributed by atoms with Crippen LogP contribution in [0.2, 0.25) is 0 Å². The molecule has 0 bridgehead atoms. The summed E-state index contributed by atoms with van der Waals surface area (Å²) >= 11 is 0. The number of nitrogens with zero attached hydrogens (tertiary/aromatic N) is 1. The van der Waals surface area contributed by atoms with E-state index >= 15 is 0 Å². The normalized spacial score (nSPS) is 18.8. The Hall–Kier alpha value is -0.860. The SMILES string of the molecule is NC(CCc1ccccc1)CN1CCCC1. The van der Waals surface area contributed by atoms with Crippen molar-refractivity contribution in [2.75, 3.05) is 19.6 Å². The maximum absolute atomic E-state index is 6.16. The fourth-order valence-corrected chi connectivity index (χ4v) is 2.38. The number of hydrogen-bond donors (Lipinski definition) is 1. The Balaban J connectivity index is 1.69. The van der Waals surface area contributed by atoms with Crippen LogP contribution in [-0.2, 0) is 6.42 Å². The summed E-state index contributed by atoms with van der Waals surface area (Å²) in [5.41, 5.74) is 7.56. The number of aryl methyl sites for hydroxylation is 1. The number of hydrogen-bond acceptors (Lipinski definition) is 2. The smallest absolute Gasteiger partial charge is 0.0170 e. The van der Waals surface area contributed by atoms with E-state index in [1.54, 1.807) is 0 Å². The Morgan fingerprint density at radius 1 is 1.12 bits per heavy atom. The summed E-state index contributed by atoms with van der Waals surface area (Å²) in [6.07, 6.45) is 4.91. The molecule has 1 aromatic rings. The van der Waals surface area contributed by atoms with Gasteiger partial charge in [-0.3, -0.25) is 0 Å². The minimum atomic E-state index is 0.332. The van der Waals surface area contributed by atoms with Crippen LogP contribution >= 0.6 is 0 Å². The maximum Gasteiger partial charge on any atom is 0.0170 e. The first-order valence-corrected chi connectivity index (χ1v) is 6.36. The molecule has 1 aromatic carbocycles. The highest BCUT2D eigenvalue weighted by Crippen LogP contribution is 2.09. The zero-order valence-corrected chi connectivity index (χ0v) is 9.94. The van der Waals surface area contributed by atoms with Crippen molar-refractivity contribution in [2.24, 2.45) is 5.73 Å². The van der Waals surface area contributed by atoms with E-state index in [9.17, 15) is 0 Å². The lowest BCUT2D eigenvalue weighted by molar-refractivity contribution is 0.308. The second-order valence-corrected chi connectivity index (χ2v) is 4.79. The summed E-state index contributed by atoms with van der Waals surface area (Å²) in [4.78, 5) is 2.50. The molecule has 1 unspecified atom stereocenters. The molecule has 0 saturated carbocycles. The van der Waals surface area contributed by atoms with Gasteiger partial charge in [0, 0.05) is 12.6 Å². The lowest BCUT2D eigenvalue weighted by atomic mass is 10.1. The fourth-order valence-electron chi connectivity index (χ4n) is 2.38. The number of likely N-dealkylation sites (tertiary alicyclic amines) is 1. The molecule has 1 aliphatic rings. The van der Waals surface area contributed by atoms with E-state index in [0.29, 0.717) is 6.04 Å². The lowest BCUT2D eigenvalue weighted by Gasteiger charge is -2.19. The summed E-state index contributed by atoms with van der Waals surface area (Å²) in [5, 5.41) is 0. The first-order valence-electron chi connectivity index (χ1n) is 6.36. The molecule has 2 heteroatoms. The van der Waals surface area contributed by atoms with Gasteiger partial charge in [0.15, 0.2) is 0 Å². The minimum absolute atomic E-state index is 0.332. The van der Waals surface area contributed by atoms with E-state index in [0.717, 1.165) is 19.4 Å². The quantitative estimate of drug-likeness (QED) is 0.819. The Morgan fingerprint density at radius 3 is 2.50 bits per heavy atom. The van der Waals surface area contributed by atoms with Gasteiger partial charge in [-0.15, -0.1) is 0 Å². The molecule has 1 aliphatic heterocycles. The van der Waals surface area contributed by atoms with Crippen molar-refractivity contribution < 1.29 is 0 Å². The highest BCUT2D eigenvalue weighted by Gasteiger charge is 2.14. The largest absolute Gasteiger partial charge is 0.327 e. The van der Waals surface area contributed by atoms with Crippen LogP contribution < -0.4 is 5.73 Å². The topological polar surface area (TPSA) is 29.3 Å². The highest BCUT2D eigenvalue weighted by atomic mass is 15.1. The van der Waals surface area contributed by atoms with Crippen molar-refractivity contribution in [1.29, 1.82) is 0 Å². The second-order valence-electron chi connectivity index (χ2n) is 4.79. The van der Waals surface area contributed by atoms with Crippen LogP contribution in [0.4, 0.5) is 0 Å². The van der Waals surface area contributed by atoms with E-state index in [-0.39, 0.29) is 0 Å². The Kier molecular flexibility index (Phi) is 4.37. The molecule has 1 saturated heterocycles. The second kappa shape index (κ2) is 6.02. The van der Waals surface area contributed by atoms with Crippen LogP contribution in [0, 0.1) is 0 Å². The van der Waals surface area contributed by atoms with Gasteiger partial charge in [0.2, 0.25) is 0 Å². The Morgan fingerprint density at radius 2 is 1.81 bits per heavy atom. The van der Waals surface area contributed by atoms with Gasteiger partial charge in [0.25, 0.3) is 0 Å². The third-order valence-electron chi connectivity index (χ3n) is 3.34. The molecule has 1 heterocycles. The zero-order valence-electron chi connectivity index (χ0n) is 9.94. The Labute approximate surface area is 98.4 Å². The van der Waals surface area contributed by atoms with Crippen LogP contribution in [0.3, 0.4) is 0 Å². The summed E-state index contributed by atoms with van der Waals surface area (Å²) < 4.78 is 0. The summed E-state index contributed by atoms with van der Waals surface area (Å²) in [6, 6.07) is 11.0. The average molecular weight is 218 g/mol. The van der Waals surface area contributed by atoms with Crippen LogP contribution in [-0.4, -0.2) is 30.6 Å². The third kappa shape index (κ3) is 3.62. The molecule has 0 radical (unpaired) electrons. The van der Waals surface area contributed by atoms with Gasteiger partial charge in [-0.2, -0.15) is 0 Å². The lowest BCUT2D eigenvalue weighted by Crippen LogP contribution is -2.36. The van der Waals surface area contributed by atoms with Gasteiger partial charge in [-0.25, -0.2) is 0 Å². The molecular weight excluding hydrogens is 196 g/mol. The molecule has 2 nitrogen and oxygen atoms in total. The van der Waals surface area contributed by atoms with Crippen molar-refractivity contribution in [2.45, 2.75) is 31.7 Å². The molecule has 1 atom stereocenters. The van der Waals surface area contributed by atoms with Crippen molar-refractivity contribution >= 4 is 0 Å². The van der Waals surface area contributed by atoms with E-state index in [2.05, 4.69) is 35.2 Å². The molecule has 1 fully saturated rings. The number of benzene rings is 1. The van der Waals surface area contributed by atoms with Crippen LogP contribution in [0.25, 0.3) is 0 Å². The van der Waals surface area contributed by atoms with Crippen molar-refractivity contribution in [3.8, 4) is 0 Å². The van der Waals surface area contributed by atoms with Crippen molar-refractivity contribution in [3.63, 3.8) is 0 Å². The molecule has 0 spiro atoms. The Bertz CT molecular complexity index is 291. The summed E-state index contributed by atoms with van der Waals surface area (Å²) in [6.45, 7) is 3.57. The van der Waals surface area contributed by atoms with E-state index in [1.165, 1.54) is 31.5 Å².